The molecule has 1 heterocycles. The van der Waals surface area contributed by atoms with E-state index in [-0.39, 0.29) is 12.6 Å². The van der Waals surface area contributed by atoms with Gasteiger partial charge in [0, 0.05) is 24.5 Å². The average molecular weight is 346 g/mol. The average Bonchev–Trinajstić information content (AvgIpc) is 2.96. The largest absolute Gasteiger partial charge is 0.450 e. The van der Waals surface area contributed by atoms with Crippen LogP contribution in [0.25, 0.3) is 0 Å². The maximum absolute atomic E-state index is 12.4. The molecule has 3 amide bonds. The van der Waals surface area contributed by atoms with E-state index >= 15 is 0 Å². The minimum atomic E-state index is -0.535. The Morgan fingerprint density at radius 3 is 2.52 bits per heavy atom. The van der Waals surface area contributed by atoms with Crippen molar-refractivity contribution in [2.75, 3.05) is 24.3 Å². The Bertz CT molecular complexity index is 757. The number of hydrogen-bond donors (Lipinski definition) is 2. The van der Waals surface area contributed by atoms with Crippen molar-refractivity contribution in [3.05, 3.63) is 41.3 Å². The molecule has 8 heteroatoms. The summed E-state index contributed by atoms with van der Waals surface area (Å²) in [6.07, 6.45) is -0.535. The first-order valence-corrected chi connectivity index (χ1v) is 7.88. The quantitative estimate of drug-likeness (QED) is 0.863. The number of hydrogen-bond acceptors (Lipinski definition) is 5. The normalized spacial score (nSPS) is 10.2. The fourth-order valence-electron chi connectivity index (χ4n) is 2.20. The Morgan fingerprint density at radius 2 is 1.92 bits per heavy atom. The lowest BCUT2D eigenvalue weighted by molar-refractivity contribution is 0.168. The summed E-state index contributed by atoms with van der Waals surface area (Å²) in [6.45, 7) is 5.94. The number of urea groups is 1. The summed E-state index contributed by atoms with van der Waals surface area (Å²) in [6, 6.07) is 6.72. The van der Waals surface area contributed by atoms with Crippen LogP contribution in [0.5, 0.6) is 0 Å². The summed E-state index contributed by atoms with van der Waals surface area (Å²) < 4.78 is 9.86. The van der Waals surface area contributed by atoms with Crippen molar-refractivity contribution in [1.29, 1.82) is 0 Å². The van der Waals surface area contributed by atoms with Gasteiger partial charge in [-0.25, -0.2) is 9.59 Å². The van der Waals surface area contributed by atoms with Gasteiger partial charge >= 0.3 is 12.1 Å². The van der Waals surface area contributed by atoms with Crippen molar-refractivity contribution >= 4 is 23.5 Å². The number of carbonyl (C=O) groups is 2. The molecule has 8 nitrogen and oxygen atoms in total. The second-order valence-electron chi connectivity index (χ2n) is 5.54. The Balaban J connectivity index is 2.03. The molecule has 2 N–H and O–H groups in total. The van der Waals surface area contributed by atoms with Gasteiger partial charge in [0.2, 0.25) is 0 Å². The van der Waals surface area contributed by atoms with Crippen LogP contribution in [-0.4, -0.2) is 35.8 Å². The van der Waals surface area contributed by atoms with Crippen molar-refractivity contribution < 1.29 is 18.8 Å². The van der Waals surface area contributed by atoms with E-state index in [1.165, 1.54) is 4.90 Å². The third-order valence-corrected chi connectivity index (χ3v) is 3.51. The lowest BCUT2D eigenvalue weighted by atomic mass is 10.1. The molecule has 0 spiro atoms. The highest BCUT2D eigenvalue weighted by Gasteiger charge is 2.14. The highest BCUT2D eigenvalue weighted by atomic mass is 16.5. The van der Waals surface area contributed by atoms with Gasteiger partial charge in [-0.15, -0.1) is 0 Å². The summed E-state index contributed by atoms with van der Waals surface area (Å²) in [5.74, 6) is 0.692. The fourth-order valence-corrected chi connectivity index (χ4v) is 2.20. The van der Waals surface area contributed by atoms with Crippen LogP contribution in [0, 0.1) is 13.8 Å². The summed E-state index contributed by atoms with van der Waals surface area (Å²) in [4.78, 5) is 25.4. The highest BCUT2D eigenvalue weighted by Crippen LogP contribution is 2.24. The van der Waals surface area contributed by atoms with E-state index in [4.69, 9.17) is 9.26 Å². The molecule has 0 unspecified atom stereocenters. The highest BCUT2D eigenvalue weighted by molar-refractivity contribution is 5.93. The first-order chi connectivity index (χ1) is 11.9. The Hall–Kier alpha value is -3.03. The molecule has 0 fully saturated rings. The minimum Gasteiger partial charge on any atom is -0.450 e. The molecule has 0 atom stereocenters. The molecule has 0 aliphatic carbocycles. The molecule has 0 bridgehead atoms. The number of ether oxygens (including phenoxy) is 1. The maximum atomic E-state index is 12.4. The standard InChI is InChI=1S/C17H22N4O4/c1-5-24-17(23)19-15-8-6-7-14(12(15)3)18-16(22)21(4)10-13-9-11(2)25-20-13/h6-9H,5,10H2,1-4H3,(H,18,22)(H,19,23). The van der Waals surface area contributed by atoms with E-state index in [1.807, 2.05) is 0 Å². The number of amides is 3. The molecular weight excluding hydrogens is 324 g/mol. The number of anilines is 2. The van der Waals surface area contributed by atoms with Crippen molar-refractivity contribution in [3.63, 3.8) is 0 Å². The molecular formula is C17H22N4O4. The van der Waals surface area contributed by atoms with Crippen LogP contribution in [0.1, 0.15) is 23.9 Å². The van der Waals surface area contributed by atoms with E-state index in [0.29, 0.717) is 29.4 Å². The third-order valence-electron chi connectivity index (χ3n) is 3.51. The Labute approximate surface area is 146 Å². The predicted octanol–water partition coefficient (Wildman–Crippen LogP) is 3.52. The van der Waals surface area contributed by atoms with Gasteiger partial charge in [0.15, 0.2) is 0 Å². The van der Waals surface area contributed by atoms with Crippen LogP contribution in [0.4, 0.5) is 21.0 Å². The molecule has 1 aromatic carbocycles. The molecule has 0 saturated carbocycles. The molecule has 134 valence electrons. The lowest BCUT2D eigenvalue weighted by Gasteiger charge is -2.18. The van der Waals surface area contributed by atoms with Crippen LogP contribution in [-0.2, 0) is 11.3 Å². The van der Waals surface area contributed by atoms with E-state index in [1.54, 1.807) is 52.1 Å². The number of nitrogens with zero attached hydrogens (tertiary/aromatic N) is 2. The monoisotopic (exact) mass is 346 g/mol. The zero-order valence-electron chi connectivity index (χ0n) is 14.8. The number of aryl methyl sites for hydroxylation is 1. The van der Waals surface area contributed by atoms with Gasteiger partial charge in [0.1, 0.15) is 11.5 Å². The molecule has 0 radical (unpaired) electrons. The Morgan fingerprint density at radius 1 is 1.24 bits per heavy atom. The molecule has 2 rings (SSSR count). The molecule has 2 aromatic rings. The van der Waals surface area contributed by atoms with Crippen LogP contribution in [0.3, 0.4) is 0 Å². The maximum Gasteiger partial charge on any atom is 0.411 e. The second-order valence-corrected chi connectivity index (χ2v) is 5.54. The predicted molar refractivity (Wildman–Crippen MR) is 93.5 cm³/mol. The smallest absolute Gasteiger partial charge is 0.411 e. The van der Waals surface area contributed by atoms with E-state index in [9.17, 15) is 9.59 Å². The summed E-state index contributed by atoms with van der Waals surface area (Å²) in [7, 11) is 1.66. The van der Waals surface area contributed by atoms with E-state index in [2.05, 4.69) is 15.8 Å². The van der Waals surface area contributed by atoms with Gasteiger partial charge in [0.25, 0.3) is 0 Å². The van der Waals surface area contributed by atoms with Crippen molar-refractivity contribution in [2.24, 2.45) is 0 Å². The first kappa shape index (κ1) is 18.3. The SMILES string of the molecule is CCOC(=O)Nc1cccc(NC(=O)N(C)Cc2cc(C)on2)c1C. The Kier molecular flexibility index (Phi) is 5.99. The van der Waals surface area contributed by atoms with Crippen LogP contribution < -0.4 is 10.6 Å². The van der Waals surface area contributed by atoms with E-state index < -0.39 is 6.09 Å². The molecule has 0 aliphatic rings. The van der Waals surface area contributed by atoms with Gasteiger partial charge in [-0.05, 0) is 38.5 Å². The van der Waals surface area contributed by atoms with Crippen molar-refractivity contribution in [3.8, 4) is 0 Å². The topological polar surface area (TPSA) is 96.7 Å². The zero-order chi connectivity index (χ0) is 18.4. The minimum absolute atomic E-state index is 0.285. The molecule has 0 aliphatic heterocycles. The van der Waals surface area contributed by atoms with Gasteiger partial charge in [0.05, 0.1) is 13.2 Å². The van der Waals surface area contributed by atoms with Crippen LogP contribution >= 0.6 is 0 Å². The number of rotatable bonds is 5. The number of nitrogens with one attached hydrogen (secondary N) is 2. The third kappa shape index (κ3) is 4.97. The zero-order valence-corrected chi connectivity index (χ0v) is 14.8. The molecule has 25 heavy (non-hydrogen) atoms. The van der Waals surface area contributed by atoms with Gasteiger partial charge in [-0.1, -0.05) is 11.2 Å². The summed E-state index contributed by atoms with van der Waals surface area (Å²) in [5.41, 5.74) is 2.58. The molecule has 1 aromatic heterocycles. The van der Waals surface area contributed by atoms with Crippen LogP contribution in [0.2, 0.25) is 0 Å². The lowest BCUT2D eigenvalue weighted by Crippen LogP contribution is -2.31. The number of aromatic nitrogens is 1. The fraction of sp³-hybridized carbons (Fsp3) is 0.353. The second kappa shape index (κ2) is 8.18. The number of benzene rings is 1. The van der Waals surface area contributed by atoms with Gasteiger partial charge in [-0.2, -0.15) is 0 Å². The van der Waals surface area contributed by atoms with Crippen LogP contribution in [0.15, 0.2) is 28.8 Å². The summed E-state index contributed by atoms with van der Waals surface area (Å²) in [5, 5.41) is 9.34. The van der Waals surface area contributed by atoms with Crippen molar-refractivity contribution in [2.45, 2.75) is 27.3 Å². The van der Waals surface area contributed by atoms with Gasteiger partial charge < -0.3 is 19.5 Å². The molecule has 0 saturated heterocycles. The van der Waals surface area contributed by atoms with E-state index in [0.717, 1.165) is 5.56 Å². The first-order valence-electron chi connectivity index (χ1n) is 7.88. The summed E-state index contributed by atoms with van der Waals surface area (Å²) >= 11 is 0. The van der Waals surface area contributed by atoms with Gasteiger partial charge in [-0.3, -0.25) is 5.32 Å². The number of carbonyl (C=O) groups excluding carboxylic acids is 2. The van der Waals surface area contributed by atoms with Crippen molar-refractivity contribution in [1.82, 2.24) is 10.1 Å².